The maximum Gasteiger partial charge on any atom is 0.311 e. The van der Waals surface area contributed by atoms with Gasteiger partial charge in [0.15, 0.2) is 16.9 Å². The van der Waals surface area contributed by atoms with Gasteiger partial charge in [-0.05, 0) is 65.3 Å². The van der Waals surface area contributed by atoms with E-state index in [-0.39, 0.29) is 5.43 Å². The smallest absolute Gasteiger partial charge is 0.311 e. The van der Waals surface area contributed by atoms with Gasteiger partial charge in [0.2, 0.25) is 5.75 Å². The third-order valence-corrected chi connectivity index (χ3v) is 7.40. The summed E-state index contributed by atoms with van der Waals surface area (Å²) >= 11 is 1.35. The van der Waals surface area contributed by atoms with Crippen molar-refractivity contribution in [3.05, 3.63) is 75.4 Å². The van der Waals surface area contributed by atoms with Gasteiger partial charge in [0.05, 0.1) is 39.3 Å². The zero-order valence-electron chi connectivity index (χ0n) is 20.8. The molecule has 1 aliphatic rings. The number of aliphatic carboxylic acids is 1. The molecule has 0 saturated carbocycles. The Morgan fingerprint density at radius 3 is 2.19 bits per heavy atom. The van der Waals surface area contributed by atoms with E-state index >= 15 is 0 Å². The first-order valence-corrected chi connectivity index (χ1v) is 12.5. The van der Waals surface area contributed by atoms with Crippen LogP contribution < -0.4 is 24.4 Å². The van der Waals surface area contributed by atoms with Gasteiger partial charge in [0.1, 0.15) is 5.75 Å². The third kappa shape index (κ3) is 4.37. The number of methoxy groups -OCH3 is 4. The van der Waals surface area contributed by atoms with Crippen LogP contribution in [0.4, 0.5) is 0 Å². The number of hydrogen-bond acceptors (Lipinski definition) is 7. The molecule has 3 aromatic carbocycles. The van der Waals surface area contributed by atoms with Crippen molar-refractivity contribution in [3.8, 4) is 34.1 Å². The fourth-order valence-electron chi connectivity index (χ4n) is 5.00. The zero-order chi connectivity index (χ0) is 26.0. The Kier molecular flexibility index (Phi) is 7.45. The predicted octanol–water partition coefficient (Wildman–Crippen LogP) is 4.98. The molecular weight excluding hydrogens is 480 g/mol. The fraction of sp³-hybridized carbons (Fsp3) is 0.286. The van der Waals surface area contributed by atoms with Crippen LogP contribution in [0.5, 0.6) is 23.0 Å². The molecule has 0 spiro atoms. The van der Waals surface area contributed by atoms with Crippen molar-refractivity contribution in [1.29, 1.82) is 0 Å². The summed E-state index contributed by atoms with van der Waals surface area (Å²) in [4.78, 5) is 26.4. The molecule has 36 heavy (non-hydrogen) atoms. The minimum absolute atomic E-state index is 0.157. The molecule has 0 bridgehead atoms. The second kappa shape index (κ2) is 10.5. The maximum absolute atomic E-state index is 13.1. The molecular formula is C28H28O7S. The largest absolute Gasteiger partial charge is 0.497 e. The average molecular weight is 509 g/mol. The van der Waals surface area contributed by atoms with Gasteiger partial charge in [-0.25, -0.2) is 0 Å². The van der Waals surface area contributed by atoms with Crippen molar-refractivity contribution in [2.45, 2.75) is 23.2 Å². The number of thioether (sulfide) groups is 1. The van der Waals surface area contributed by atoms with E-state index in [1.807, 2.05) is 18.4 Å². The van der Waals surface area contributed by atoms with Gasteiger partial charge in [-0.3, -0.25) is 9.59 Å². The van der Waals surface area contributed by atoms with E-state index in [1.165, 1.54) is 18.9 Å². The summed E-state index contributed by atoms with van der Waals surface area (Å²) in [5.74, 6) is -0.356. The van der Waals surface area contributed by atoms with Gasteiger partial charge in [0, 0.05) is 11.5 Å². The van der Waals surface area contributed by atoms with Crippen LogP contribution in [0.3, 0.4) is 0 Å². The summed E-state index contributed by atoms with van der Waals surface area (Å²) < 4.78 is 22.2. The highest BCUT2D eigenvalue weighted by molar-refractivity contribution is 7.98. The van der Waals surface area contributed by atoms with Gasteiger partial charge in [-0.15, -0.1) is 11.8 Å². The van der Waals surface area contributed by atoms with Gasteiger partial charge >= 0.3 is 5.97 Å². The Morgan fingerprint density at radius 2 is 1.64 bits per heavy atom. The molecule has 0 heterocycles. The summed E-state index contributed by atoms with van der Waals surface area (Å²) in [6, 6.07) is 14.1. The van der Waals surface area contributed by atoms with E-state index in [1.54, 1.807) is 57.7 Å². The average Bonchev–Trinajstić information content (AvgIpc) is 3.06. The van der Waals surface area contributed by atoms with E-state index in [4.69, 9.17) is 18.9 Å². The standard InChI is InChI=1S/C28H28O7S/c1-32-17-8-6-15(7-9-17)25(28(30)31)20-12-16-13-22(33-2)26(34-3)27(35-4)24(16)18-10-11-23(36-5)21(29)14-19(18)20/h6-11,13-14,20,25H,12H2,1-5H3,(H,30,31). The first-order valence-electron chi connectivity index (χ1n) is 11.3. The number of carbonyl (C=O) groups is 1. The molecule has 1 N–H and O–H groups in total. The highest BCUT2D eigenvalue weighted by atomic mass is 32.2. The van der Waals surface area contributed by atoms with E-state index in [0.717, 1.165) is 16.7 Å². The van der Waals surface area contributed by atoms with Crippen LogP contribution in [0, 0.1) is 0 Å². The Labute approximate surface area is 214 Å². The van der Waals surface area contributed by atoms with Crippen LogP contribution in [0.2, 0.25) is 0 Å². The van der Waals surface area contributed by atoms with Gasteiger partial charge < -0.3 is 24.1 Å². The summed E-state index contributed by atoms with van der Waals surface area (Å²) in [5.41, 5.74) is 3.47. The molecule has 0 aromatic heterocycles. The van der Waals surface area contributed by atoms with Crippen LogP contribution in [0.1, 0.15) is 28.5 Å². The lowest BCUT2D eigenvalue weighted by atomic mass is 9.71. The number of carboxylic acid groups (broad SMARTS) is 1. The van der Waals surface area contributed by atoms with Gasteiger partial charge in [-0.1, -0.05) is 18.2 Å². The molecule has 4 rings (SSSR count). The second-order valence-electron chi connectivity index (χ2n) is 8.36. The highest BCUT2D eigenvalue weighted by Gasteiger charge is 2.38. The maximum atomic E-state index is 13.1. The fourth-order valence-corrected chi connectivity index (χ4v) is 5.46. The predicted molar refractivity (Wildman–Crippen MR) is 139 cm³/mol. The van der Waals surface area contributed by atoms with Crippen LogP contribution in [-0.2, 0) is 11.2 Å². The van der Waals surface area contributed by atoms with Crippen molar-refractivity contribution < 1.29 is 28.8 Å². The lowest BCUT2D eigenvalue weighted by Crippen LogP contribution is -2.25. The Hall–Kier alpha value is -3.65. The molecule has 2 atom stereocenters. The molecule has 0 amide bonds. The molecule has 0 saturated heterocycles. The van der Waals surface area contributed by atoms with Crippen molar-refractivity contribution >= 4 is 17.7 Å². The number of ether oxygens (including phenoxy) is 4. The zero-order valence-corrected chi connectivity index (χ0v) is 21.6. The van der Waals surface area contributed by atoms with E-state index < -0.39 is 17.8 Å². The van der Waals surface area contributed by atoms with Crippen molar-refractivity contribution in [2.75, 3.05) is 34.7 Å². The van der Waals surface area contributed by atoms with Crippen LogP contribution in [0.15, 0.2) is 58.2 Å². The number of hydrogen-bond donors (Lipinski definition) is 1. The molecule has 0 fully saturated rings. The van der Waals surface area contributed by atoms with Crippen molar-refractivity contribution in [2.24, 2.45) is 0 Å². The monoisotopic (exact) mass is 508 g/mol. The van der Waals surface area contributed by atoms with Crippen molar-refractivity contribution in [3.63, 3.8) is 0 Å². The number of fused-ring (bicyclic) bond motifs is 3. The summed E-state index contributed by atoms with van der Waals surface area (Å²) in [7, 11) is 6.20. The molecule has 0 radical (unpaired) electrons. The van der Waals surface area contributed by atoms with Gasteiger partial charge in [-0.2, -0.15) is 0 Å². The molecule has 3 aromatic rings. The van der Waals surface area contributed by atoms with E-state index in [9.17, 15) is 14.7 Å². The molecule has 1 aliphatic carbocycles. The molecule has 7 nitrogen and oxygen atoms in total. The molecule has 8 heteroatoms. The third-order valence-electron chi connectivity index (χ3n) is 6.63. The van der Waals surface area contributed by atoms with Crippen LogP contribution >= 0.6 is 11.8 Å². The SMILES string of the molecule is COc1ccc(C(C(=O)O)C2Cc3cc(OC)c(OC)c(OC)c3-c3ccc(SC)c(=O)cc32)cc1. The number of rotatable bonds is 8. The molecule has 2 unspecified atom stereocenters. The first-order chi connectivity index (χ1) is 17.4. The Bertz CT molecular complexity index is 1350. The Balaban J connectivity index is 2.04. The lowest BCUT2D eigenvalue weighted by Gasteiger charge is -2.33. The van der Waals surface area contributed by atoms with E-state index in [2.05, 4.69) is 0 Å². The first kappa shape index (κ1) is 25.4. The highest BCUT2D eigenvalue weighted by Crippen LogP contribution is 2.53. The summed E-state index contributed by atoms with van der Waals surface area (Å²) in [5, 5.41) is 10.4. The second-order valence-corrected chi connectivity index (χ2v) is 9.21. The summed E-state index contributed by atoms with van der Waals surface area (Å²) in [6.45, 7) is 0. The number of benzene rings is 2. The van der Waals surface area contributed by atoms with Gasteiger partial charge in [0.25, 0.3) is 0 Å². The minimum atomic E-state index is -0.976. The van der Waals surface area contributed by atoms with E-state index in [0.29, 0.717) is 45.4 Å². The molecule has 188 valence electrons. The number of carboxylic acids is 1. The quantitative estimate of drug-likeness (QED) is 0.426. The Morgan fingerprint density at radius 1 is 0.944 bits per heavy atom. The van der Waals surface area contributed by atoms with Crippen molar-refractivity contribution in [1.82, 2.24) is 0 Å². The van der Waals surface area contributed by atoms with Crippen LogP contribution in [0.25, 0.3) is 11.1 Å². The summed E-state index contributed by atoms with van der Waals surface area (Å²) in [6.07, 6.45) is 2.20. The normalized spacial score (nSPS) is 14.8. The molecule has 0 aliphatic heterocycles. The van der Waals surface area contributed by atoms with Crippen LogP contribution in [-0.4, -0.2) is 45.8 Å². The topological polar surface area (TPSA) is 91.3 Å². The lowest BCUT2D eigenvalue weighted by molar-refractivity contribution is -0.139. The minimum Gasteiger partial charge on any atom is -0.497 e.